The van der Waals surface area contributed by atoms with Gasteiger partial charge in [-0.2, -0.15) is 0 Å². The lowest BCUT2D eigenvalue weighted by Crippen LogP contribution is -2.23. The van der Waals surface area contributed by atoms with Crippen LogP contribution in [-0.2, 0) is 11.2 Å². The Kier molecular flexibility index (Phi) is 4.55. The molecule has 2 heterocycles. The normalized spacial score (nSPS) is 14.1. The van der Waals surface area contributed by atoms with E-state index >= 15 is 0 Å². The number of aryl methyl sites for hydroxylation is 2. The summed E-state index contributed by atoms with van der Waals surface area (Å²) in [6, 6.07) is 9.72. The van der Waals surface area contributed by atoms with E-state index in [0.717, 1.165) is 41.7 Å². The summed E-state index contributed by atoms with van der Waals surface area (Å²) in [6.07, 6.45) is 2.74. The first kappa shape index (κ1) is 15.5. The highest BCUT2D eigenvalue weighted by molar-refractivity contribution is 5.93. The maximum Gasteiger partial charge on any atom is 0.228 e. The zero-order valence-electron chi connectivity index (χ0n) is 13.7. The van der Waals surface area contributed by atoms with E-state index in [9.17, 15) is 4.79 Å². The maximum atomic E-state index is 12.3. The minimum Gasteiger partial charge on any atom is -0.341 e. The van der Waals surface area contributed by atoms with Gasteiger partial charge < -0.3 is 10.2 Å². The maximum absolute atomic E-state index is 12.3. The Bertz CT molecular complexity index is 670. The summed E-state index contributed by atoms with van der Waals surface area (Å²) in [4.78, 5) is 23.6. The third-order valence-corrected chi connectivity index (χ3v) is 4.12. The third-order valence-electron chi connectivity index (χ3n) is 4.12. The van der Waals surface area contributed by atoms with Crippen molar-refractivity contribution in [2.75, 3.05) is 23.3 Å². The highest BCUT2D eigenvalue weighted by Gasteiger charge is 2.18. The zero-order valence-corrected chi connectivity index (χ0v) is 13.7. The molecule has 0 saturated carbocycles. The van der Waals surface area contributed by atoms with Gasteiger partial charge in [0, 0.05) is 13.1 Å². The molecule has 5 nitrogen and oxygen atoms in total. The summed E-state index contributed by atoms with van der Waals surface area (Å²) < 4.78 is 0. The summed E-state index contributed by atoms with van der Waals surface area (Å²) in [6.45, 7) is 5.87. The molecule has 1 N–H and O–H groups in total. The van der Waals surface area contributed by atoms with Gasteiger partial charge in [0.25, 0.3) is 0 Å². The van der Waals surface area contributed by atoms with Gasteiger partial charge in [-0.25, -0.2) is 9.97 Å². The van der Waals surface area contributed by atoms with Crippen LogP contribution in [0.3, 0.4) is 0 Å². The molecule has 120 valence electrons. The van der Waals surface area contributed by atoms with Gasteiger partial charge >= 0.3 is 0 Å². The molecule has 1 saturated heterocycles. The van der Waals surface area contributed by atoms with Gasteiger partial charge in [-0.1, -0.05) is 30.3 Å². The van der Waals surface area contributed by atoms with E-state index in [1.807, 2.05) is 44.2 Å². The van der Waals surface area contributed by atoms with Crippen molar-refractivity contribution in [1.29, 1.82) is 0 Å². The third kappa shape index (κ3) is 3.67. The van der Waals surface area contributed by atoms with Gasteiger partial charge in [0.1, 0.15) is 0 Å². The highest BCUT2D eigenvalue weighted by Crippen LogP contribution is 2.23. The molecule has 0 unspecified atom stereocenters. The second kappa shape index (κ2) is 6.77. The van der Waals surface area contributed by atoms with Crippen LogP contribution in [0.5, 0.6) is 0 Å². The van der Waals surface area contributed by atoms with Crippen molar-refractivity contribution in [3.8, 4) is 0 Å². The van der Waals surface area contributed by atoms with Crippen molar-refractivity contribution in [2.45, 2.75) is 33.1 Å². The van der Waals surface area contributed by atoms with E-state index in [1.54, 1.807) is 0 Å². The predicted octanol–water partition coefficient (Wildman–Crippen LogP) is 2.87. The molecular weight excluding hydrogens is 288 g/mol. The number of benzene rings is 1. The Morgan fingerprint density at radius 1 is 1.09 bits per heavy atom. The van der Waals surface area contributed by atoms with Crippen molar-refractivity contribution in [3.05, 3.63) is 47.3 Å². The van der Waals surface area contributed by atoms with E-state index in [4.69, 9.17) is 0 Å². The Hall–Kier alpha value is -2.43. The van der Waals surface area contributed by atoms with Crippen LogP contribution in [-0.4, -0.2) is 29.0 Å². The van der Waals surface area contributed by atoms with Crippen LogP contribution in [0.4, 0.5) is 11.6 Å². The Morgan fingerprint density at radius 3 is 2.30 bits per heavy atom. The lowest BCUT2D eigenvalue weighted by Gasteiger charge is -2.18. The number of amides is 1. The fourth-order valence-electron chi connectivity index (χ4n) is 2.90. The Labute approximate surface area is 136 Å². The monoisotopic (exact) mass is 310 g/mol. The SMILES string of the molecule is Cc1nc(N2CCCC2)nc(C)c1NC(=O)Cc1ccccc1. The van der Waals surface area contributed by atoms with Crippen molar-refractivity contribution in [3.63, 3.8) is 0 Å². The quantitative estimate of drug-likeness (QED) is 0.943. The first-order chi connectivity index (χ1) is 11.1. The van der Waals surface area contributed by atoms with Crippen LogP contribution in [0.15, 0.2) is 30.3 Å². The minimum absolute atomic E-state index is 0.0417. The van der Waals surface area contributed by atoms with Gasteiger partial charge in [-0.15, -0.1) is 0 Å². The molecule has 0 radical (unpaired) electrons. The van der Waals surface area contributed by atoms with E-state index in [0.29, 0.717) is 6.42 Å². The van der Waals surface area contributed by atoms with E-state index in [1.165, 1.54) is 12.8 Å². The summed E-state index contributed by atoms with van der Waals surface area (Å²) in [7, 11) is 0. The summed E-state index contributed by atoms with van der Waals surface area (Å²) in [5.41, 5.74) is 3.37. The smallest absolute Gasteiger partial charge is 0.228 e. The summed E-state index contributed by atoms with van der Waals surface area (Å²) >= 11 is 0. The number of carbonyl (C=O) groups excluding carboxylic acids is 1. The second-order valence-corrected chi connectivity index (χ2v) is 5.97. The average Bonchev–Trinajstić information content (AvgIpc) is 3.06. The second-order valence-electron chi connectivity index (χ2n) is 5.97. The van der Waals surface area contributed by atoms with Gasteiger partial charge in [0.2, 0.25) is 11.9 Å². The molecule has 1 amide bonds. The van der Waals surface area contributed by atoms with Gasteiger partial charge in [0.15, 0.2) is 0 Å². The molecule has 3 rings (SSSR count). The van der Waals surface area contributed by atoms with Crippen LogP contribution in [0.1, 0.15) is 29.8 Å². The molecule has 2 aromatic rings. The molecule has 0 atom stereocenters. The topological polar surface area (TPSA) is 58.1 Å². The Balaban J connectivity index is 1.73. The fourth-order valence-corrected chi connectivity index (χ4v) is 2.90. The van der Waals surface area contributed by atoms with Crippen LogP contribution < -0.4 is 10.2 Å². The molecule has 1 aliphatic rings. The van der Waals surface area contributed by atoms with Crippen molar-refractivity contribution in [1.82, 2.24) is 9.97 Å². The van der Waals surface area contributed by atoms with E-state index in [2.05, 4.69) is 20.2 Å². The molecule has 1 aromatic heterocycles. The Morgan fingerprint density at radius 2 is 1.70 bits per heavy atom. The van der Waals surface area contributed by atoms with Crippen LogP contribution >= 0.6 is 0 Å². The zero-order chi connectivity index (χ0) is 16.2. The van der Waals surface area contributed by atoms with Gasteiger partial charge in [-0.05, 0) is 32.3 Å². The minimum atomic E-state index is -0.0417. The van der Waals surface area contributed by atoms with Gasteiger partial charge in [0.05, 0.1) is 23.5 Å². The van der Waals surface area contributed by atoms with Crippen LogP contribution in [0, 0.1) is 13.8 Å². The van der Waals surface area contributed by atoms with Crippen molar-refractivity contribution >= 4 is 17.5 Å². The first-order valence-corrected chi connectivity index (χ1v) is 8.07. The molecule has 1 aliphatic heterocycles. The summed E-state index contributed by atoms with van der Waals surface area (Å²) in [5, 5.41) is 2.96. The first-order valence-electron chi connectivity index (χ1n) is 8.07. The molecule has 23 heavy (non-hydrogen) atoms. The van der Waals surface area contributed by atoms with Crippen molar-refractivity contribution in [2.24, 2.45) is 0 Å². The number of hydrogen-bond acceptors (Lipinski definition) is 4. The molecule has 1 fully saturated rings. The fraction of sp³-hybridized carbons (Fsp3) is 0.389. The molecular formula is C18H22N4O. The predicted molar refractivity (Wildman–Crippen MR) is 91.7 cm³/mol. The average molecular weight is 310 g/mol. The largest absolute Gasteiger partial charge is 0.341 e. The van der Waals surface area contributed by atoms with Crippen LogP contribution in [0.25, 0.3) is 0 Å². The molecule has 0 bridgehead atoms. The van der Waals surface area contributed by atoms with E-state index < -0.39 is 0 Å². The molecule has 0 aliphatic carbocycles. The lowest BCUT2D eigenvalue weighted by molar-refractivity contribution is -0.115. The standard InChI is InChI=1S/C18H22N4O/c1-13-17(21-16(23)12-15-8-4-3-5-9-15)14(2)20-18(19-13)22-10-6-7-11-22/h3-5,8-9H,6-7,10-12H2,1-2H3,(H,21,23). The van der Waals surface area contributed by atoms with Crippen molar-refractivity contribution < 1.29 is 4.79 Å². The highest BCUT2D eigenvalue weighted by atomic mass is 16.1. The molecule has 0 spiro atoms. The number of anilines is 2. The number of hydrogen-bond donors (Lipinski definition) is 1. The lowest BCUT2D eigenvalue weighted by atomic mass is 10.1. The summed E-state index contributed by atoms with van der Waals surface area (Å²) in [5.74, 6) is 0.735. The number of nitrogens with zero attached hydrogens (tertiary/aromatic N) is 3. The van der Waals surface area contributed by atoms with Crippen LogP contribution in [0.2, 0.25) is 0 Å². The molecule has 1 aromatic carbocycles. The number of rotatable bonds is 4. The van der Waals surface area contributed by atoms with E-state index in [-0.39, 0.29) is 5.91 Å². The number of nitrogens with one attached hydrogen (secondary N) is 1. The number of carbonyl (C=O) groups is 1. The number of aromatic nitrogens is 2. The molecule has 5 heteroatoms. The van der Waals surface area contributed by atoms with Gasteiger partial charge in [-0.3, -0.25) is 4.79 Å².